The van der Waals surface area contributed by atoms with Gasteiger partial charge < -0.3 is 10.4 Å². The average Bonchev–Trinajstić information content (AvgIpc) is 2.33. The maximum atomic E-state index is 11.7. The summed E-state index contributed by atoms with van der Waals surface area (Å²) in [7, 11) is 0. The van der Waals surface area contributed by atoms with Crippen molar-refractivity contribution in [1.29, 1.82) is 0 Å². The van der Waals surface area contributed by atoms with Gasteiger partial charge in [-0.05, 0) is 34.8 Å². The standard InChI is InChI=1S/C12H17BrN2O2/c13-11-7-10(8-14-9-11)12(17)15-5-3-1-2-4-6-16/h7-9,16H,1-6H2,(H,15,17). The Labute approximate surface area is 110 Å². The summed E-state index contributed by atoms with van der Waals surface area (Å²) in [6.07, 6.45) is 7.00. The molecule has 1 heterocycles. The van der Waals surface area contributed by atoms with Crippen molar-refractivity contribution in [2.24, 2.45) is 0 Å². The van der Waals surface area contributed by atoms with Crippen molar-refractivity contribution in [3.8, 4) is 0 Å². The fraction of sp³-hybridized carbons (Fsp3) is 0.500. The second kappa shape index (κ2) is 8.20. The Morgan fingerprint density at radius 2 is 2.06 bits per heavy atom. The lowest BCUT2D eigenvalue weighted by molar-refractivity contribution is 0.0952. The van der Waals surface area contributed by atoms with Crippen LogP contribution in [0.4, 0.5) is 0 Å². The van der Waals surface area contributed by atoms with Gasteiger partial charge in [-0.1, -0.05) is 12.8 Å². The van der Waals surface area contributed by atoms with Crippen molar-refractivity contribution < 1.29 is 9.90 Å². The first kappa shape index (κ1) is 14.1. The van der Waals surface area contributed by atoms with Gasteiger partial charge >= 0.3 is 0 Å². The van der Waals surface area contributed by atoms with Gasteiger partial charge in [0, 0.05) is 30.0 Å². The average molecular weight is 301 g/mol. The van der Waals surface area contributed by atoms with E-state index in [4.69, 9.17) is 5.11 Å². The quantitative estimate of drug-likeness (QED) is 0.758. The maximum Gasteiger partial charge on any atom is 0.252 e. The first-order valence-corrected chi connectivity index (χ1v) is 6.53. The van der Waals surface area contributed by atoms with E-state index in [1.807, 2.05) is 0 Å². The van der Waals surface area contributed by atoms with E-state index in [0.717, 1.165) is 30.2 Å². The smallest absolute Gasteiger partial charge is 0.252 e. The van der Waals surface area contributed by atoms with E-state index in [9.17, 15) is 4.79 Å². The molecule has 1 rings (SSSR count). The number of nitrogens with zero attached hydrogens (tertiary/aromatic N) is 1. The molecule has 17 heavy (non-hydrogen) atoms. The Morgan fingerprint density at radius 3 is 2.76 bits per heavy atom. The summed E-state index contributed by atoms with van der Waals surface area (Å²) in [5.74, 6) is -0.0963. The number of halogens is 1. The van der Waals surface area contributed by atoms with Gasteiger partial charge in [0.25, 0.3) is 5.91 Å². The predicted molar refractivity (Wildman–Crippen MR) is 69.8 cm³/mol. The molecule has 0 bridgehead atoms. The predicted octanol–water partition coefficient (Wildman–Crippen LogP) is 2.13. The van der Waals surface area contributed by atoms with Crippen LogP contribution in [0.5, 0.6) is 0 Å². The Hall–Kier alpha value is -0.940. The largest absolute Gasteiger partial charge is 0.396 e. The van der Waals surface area contributed by atoms with Gasteiger partial charge in [0.05, 0.1) is 5.56 Å². The van der Waals surface area contributed by atoms with E-state index in [1.165, 1.54) is 0 Å². The lowest BCUT2D eigenvalue weighted by Gasteiger charge is -2.04. The zero-order valence-electron chi connectivity index (χ0n) is 9.66. The first-order chi connectivity index (χ1) is 8.24. The zero-order valence-corrected chi connectivity index (χ0v) is 11.2. The van der Waals surface area contributed by atoms with Crippen LogP contribution in [-0.2, 0) is 0 Å². The van der Waals surface area contributed by atoms with Crippen LogP contribution >= 0.6 is 15.9 Å². The van der Waals surface area contributed by atoms with E-state index in [2.05, 4.69) is 26.2 Å². The van der Waals surface area contributed by atoms with Crippen LogP contribution < -0.4 is 5.32 Å². The number of rotatable bonds is 7. The van der Waals surface area contributed by atoms with Crippen LogP contribution in [0.2, 0.25) is 0 Å². The number of aliphatic hydroxyl groups excluding tert-OH is 1. The highest BCUT2D eigenvalue weighted by Gasteiger charge is 2.04. The number of aromatic nitrogens is 1. The number of carbonyl (C=O) groups excluding carboxylic acids is 1. The molecule has 0 saturated carbocycles. The van der Waals surface area contributed by atoms with Crippen LogP contribution in [0.15, 0.2) is 22.9 Å². The summed E-state index contributed by atoms with van der Waals surface area (Å²) in [6, 6.07) is 1.74. The molecule has 0 aliphatic rings. The van der Waals surface area contributed by atoms with E-state index in [-0.39, 0.29) is 12.5 Å². The molecule has 2 N–H and O–H groups in total. The molecular weight excluding hydrogens is 284 g/mol. The number of amides is 1. The van der Waals surface area contributed by atoms with Crippen molar-refractivity contribution in [3.05, 3.63) is 28.5 Å². The molecule has 0 atom stereocenters. The maximum absolute atomic E-state index is 11.7. The number of hydrogen-bond acceptors (Lipinski definition) is 3. The SMILES string of the molecule is O=C(NCCCCCCO)c1cncc(Br)c1. The lowest BCUT2D eigenvalue weighted by Crippen LogP contribution is -2.24. The minimum absolute atomic E-state index is 0.0963. The van der Waals surface area contributed by atoms with E-state index >= 15 is 0 Å². The minimum atomic E-state index is -0.0963. The van der Waals surface area contributed by atoms with Gasteiger partial charge in [-0.3, -0.25) is 9.78 Å². The van der Waals surface area contributed by atoms with Crippen LogP contribution in [0.25, 0.3) is 0 Å². The molecule has 0 aliphatic carbocycles. The molecule has 0 saturated heterocycles. The van der Waals surface area contributed by atoms with E-state index in [0.29, 0.717) is 12.1 Å². The number of unbranched alkanes of at least 4 members (excludes halogenated alkanes) is 3. The van der Waals surface area contributed by atoms with Crippen LogP contribution in [0.3, 0.4) is 0 Å². The Balaban J connectivity index is 2.21. The first-order valence-electron chi connectivity index (χ1n) is 5.73. The fourth-order valence-electron chi connectivity index (χ4n) is 1.43. The molecular formula is C12H17BrN2O2. The Morgan fingerprint density at radius 1 is 1.29 bits per heavy atom. The van der Waals surface area contributed by atoms with Crippen molar-refractivity contribution in [1.82, 2.24) is 10.3 Å². The van der Waals surface area contributed by atoms with Crippen molar-refractivity contribution >= 4 is 21.8 Å². The summed E-state index contributed by atoms with van der Waals surface area (Å²) in [4.78, 5) is 15.6. The summed E-state index contributed by atoms with van der Waals surface area (Å²) < 4.78 is 0.799. The molecule has 94 valence electrons. The van der Waals surface area contributed by atoms with Gasteiger partial charge in [0.2, 0.25) is 0 Å². The third kappa shape index (κ3) is 5.79. The second-order valence-corrected chi connectivity index (χ2v) is 4.70. The molecule has 0 fully saturated rings. The third-order valence-electron chi connectivity index (χ3n) is 2.34. The molecule has 1 amide bonds. The minimum Gasteiger partial charge on any atom is -0.396 e. The summed E-state index contributed by atoms with van der Waals surface area (Å²) in [5.41, 5.74) is 0.565. The van der Waals surface area contributed by atoms with E-state index in [1.54, 1.807) is 18.5 Å². The molecule has 1 aromatic heterocycles. The molecule has 4 nitrogen and oxygen atoms in total. The number of nitrogens with one attached hydrogen (secondary N) is 1. The van der Waals surface area contributed by atoms with Gasteiger partial charge in [-0.15, -0.1) is 0 Å². The van der Waals surface area contributed by atoms with Gasteiger partial charge in [0.1, 0.15) is 0 Å². The highest BCUT2D eigenvalue weighted by Crippen LogP contribution is 2.09. The van der Waals surface area contributed by atoms with Gasteiger partial charge in [-0.2, -0.15) is 0 Å². The molecule has 0 aliphatic heterocycles. The Bertz CT molecular complexity index is 358. The second-order valence-electron chi connectivity index (χ2n) is 3.79. The van der Waals surface area contributed by atoms with Crippen LogP contribution in [0.1, 0.15) is 36.0 Å². The topological polar surface area (TPSA) is 62.2 Å². The summed E-state index contributed by atoms with van der Waals surface area (Å²) in [5, 5.41) is 11.4. The molecule has 0 aromatic carbocycles. The van der Waals surface area contributed by atoms with E-state index < -0.39 is 0 Å². The highest BCUT2D eigenvalue weighted by molar-refractivity contribution is 9.10. The molecule has 5 heteroatoms. The highest BCUT2D eigenvalue weighted by atomic mass is 79.9. The summed E-state index contributed by atoms with van der Waals surface area (Å²) >= 11 is 3.27. The molecule has 0 radical (unpaired) electrons. The molecule has 1 aromatic rings. The van der Waals surface area contributed by atoms with Crippen molar-refractivity contribution in [2.45, 2.75) is 25.7 Å². The lowest BCUT2D eigenvalue weighted by atomic mass is 10.2. The van der Waals surface area contributed by atoms with Crippen LogP contribution in [-0.4, -0.2) is 29.1 Å². The molecule has 0 spiro atoms. The zero-order chi connectivity index (χ0) is 12.5. The van der Waals surface area contributed by atoms with Crippen molar-refractivity contribution in [3.63, 3.8) is 0 Å². The van der Waals surface area contributed by atoms with Gasteiger partial charge in [0.15, 0.2) is 0 Å². The monoisotopic (exact) mass is 300 g/mol. The number of pyridine rings is 1. The number of aliphatic hydroxyl groups is 1. The van der Waals surface area contributed by atoms with Crippen LogP contribution in [0, 0.1) is 0 Å². The number of carbonyl (C=O) groups is 1. The summed E-state index contributed by atoms with van der Waals surface area (Å²) in [6.45, 7) is 0.910. The fourth-order valence-corrected chi connectivity index (χ4v) is 1.80. The normalized spacial score (nSPS) is 10.2. The molecule has 0 unspecified atom stereocenters. The third-order valence-corrected chi connectivity index (χ3v) is 2.77. The number of hydrogen-bond donors (Lipinski definition) is 2. The van der Waals surface area contributed by atoms with Crippen molar-refractivity contribution in [2.75, 3.05) is 13.2 Å². The van der Waals surface area contributed by atoms with Gasteiger partial charge in [-0.25, -0.2) is 0 Å². The Kier molecular flexibility index (Phi) is 6.81.